The van der Waals surface area contributed by atoms with Crippen molar-refractivity contribution in [2.45, 2.75) is 25.8 Å². The van der Waals surface area contributed by atoms with E-state index < -0.39 is 5.82 Å². The Hall–Kier alpha value is -3.20. The number of nitrogens with one attached hydrogen (secondary N) is 1. The lowest BCUT2D eigenvalue weighted by Gasteiger charge is -2.31. The molecule has 2 aliphatic heterocycles. The van der Waals surface area contributed by atoms with Crippen LogP contribution in [0.5, 0.6) is 0 Å². The molecule has 1 aromatic carbocycles. The normalized spacial score (nSPS) is 20.6. The maximum Gasteiger partial charge on any atom is 0.219 e. The second-order valence-electron chi connectivity index (χ2n) is 7.53. The quantitative estimate of drug-likeness (QED) is 0.471. The lowest BCUT2D eigenvalue weighted by atomic mass is 10.0. The van der Waals surface area contributed by atoms with Gasteiger partial charge in [-0.15, -0.1) is 0 Å². The second-order valence-corrected chi connectivity index (χ2v) is 7.53. The van der Waals surface area contributed by atoms with E-state index in [-0.39, 0.29) is 23.5 Å². The van der Waals surface area contributed by atoms with Crippen molar-refractivity contribution in [1.82, 2.24) is 10.2 Å². The molecule has 1 fully saturated rings. The molecule has 2 heterocycles. The monoisotopic (exact) mass is 428 g/mol. The molecule has 166 valence electrons. The Morgan fingerprint density at radius 1 is 1.42 bits per heavy atom. The van der Waals surface area contributed by atoms with Gasteiger partial charge in [-0.1, -0.05) is 6.07 Å². The number of ether oxygens (including phenoxy) is 1. The van der Waals surface area contributed by atoms with Crippen molar-refractivity contribution in [2.24, 2.45) is 21.5 Å². The summed E-state index contributed by atoms with van der Waals surface area (Å²) in [4.78, 5) is 21.9. The first-order valence-electron chi connectivity index (χ1n) is 10.2. The minimum Gasteiger partial charge on any atom is -0.404 e. The van der Waals surface area contributed by atoms with Crippen molar-refractivity contribution < 1.29 is 13.9 Å². The van der Waals surface area contributed by atoms with Crippen molar-refractivity contribution in [2.75, 3.05) is 33.4 Å². The smallest absolute Gasteiger partial charge is 0.219 e. The summed E-state index contributed by atoms with van der Waals surface area (Å²) in [6, 6.07) is 4.80. The lowest BCUT2D eigenvalue weighted by Crippen LogP contribution is -2.43. The number of nitrogens with zero attached hydrogens (tertiary/aromatic N) is 3. The fourth-order valence-corrected chi connectivity index (χ4v) is 3.65. The first kappa shape index (κ1) is 22.5. The molecule has 2 aliphatic rings. The highest BCUT2D eigenvalue weighted by molar-refractivity contribution is 6.09. The SMILES string of the molecule is CN=CC(=CN)c1ccc(N=C(N)C2=C(N[C@H]3CCOC3)CCN(C(C)=O)C2)c(F)c1. The number of amides is 1. The minimum absolute atomic E-state index is 0.0391. The van der Waals surface area contributed by atoms with E-state index in [0.717, 1.165) is 12.1 Å². The number of nitrogens with two attached hydrogens (primary N) is 2. The van der Waals surface area contributed by atoms with Gasteiger partial charge in [-0.25, -0.2) is 9.38 Å². The summed E-state index contributed by atoms with van der Waals surface area (Å²) in [7, 11) is 1.62. The number of carbonyl (C=O) groups is 1. The Bertz CT molecular complexity index is 947. The van der Waals surface area contributed by atoms with Gasteiger partial charge in [-0.3, -0.25) is 9.79 Å². The van der Waals surface area contributed by atoms with Crippen LogP contribution in [0.15, 0.2) is 45.7 Å². The van der Waals surface area contributed by atoms with Gasteiger partial charge >= 0.3 is 0 Å². The number of amidine groups is 1. The Labute approximate surface area is 181 Å². The highest BCUT2D eigenvalue weighted by Gasteiger charge is 2.26. The molecule has 1 aromatic rings. The number of carbonyl (C=O) groups excluding carboxylic acids is 1. The van der Waals surface area contributed by atoms with E-state index in [2.05, 4.69) is 15.3 Å². The Morgan fingerprint density at radius 3 is 2.84 bits per heavy atom. The van der Waals surface area contributed by atoms with Crippen molar-refractivity contribution >= 4 is 29.2 Å². The molecule has 0 bridgehead atoms. The van der Waals surface area contributed by atoms with Crippen LogP contribution in [0, 0.1) is 5.82 Å². The van der Waals surface area contributed by atoms with Crippen LogP contribution in [-0.4, -0.2) is 62.3 Å². The number of halogens is 1. The molecule has 8 nitrogen and oxygen atoms in total. The molecule has 0 unspecified atom stereocenters. The van der Waals surface area contributed by atoms with E-state index >= 15 is 0 Å². The molecule has 0 saturated carbocycles. The first-order chi connectivity index (χ1) is 14.9. The summed E-state index contributed by atoms with van der Waals surface area (Å²) in [6.07, 6.45) is 4.45. The van der Waals surface area contributed by atoms with E-state index in [9.17, 15) is 9.18 Å². The lowest BCUT2D eigenvalue weighted by molar-refractivity contribution is -0.128. The second kappa shape index (κ2) is 10.2. The van der Waals surface area contributed by atoms with Crippen LogP contribution >= 0.6 is 0 Å². The molecule has 1 saturated heterocycles. The van der Waals surface area contributed by atoms with Gasteiger partial charge < -0.3 is 26.4 Å². The third-order valence-corrected chi connectivity index (χ3v) is 5.38. The average Bonchev–Trinajstić information content (AvgIpc) is 3.26. The maximum atomic E-state index is 14.8. The molecule has 9 heteroatoms. The summed E-state index contributed by atoms with van der Waals surface area (Å²) in [5.74, 6) is -0.380. The van der Waals surface area contributed by atoms with E-state index in [1.165, 1.54) is 19.2 Å². The fourth-order valence-electron chi connectivity index (χ4n) is 3.65. The first-order valence-corrected chi connectivity index (χ1v) is 10.2. The van der Waals surface area contributed by atoms with Crippen LogP contribution in [0.4, 0.5) is 10.1 Å². The molecule has 0 radical (unpaired) electrons. The van der Waals surface area contributed by atoms with Crippen LogP contribution in [0.1, 0.15) is 25.3 Å². The molecule has 31 heavy (non-hydrogen) atoms. The molecule has 1 amide bonds. The zero-order chi connectivity index (χ0) is 22.4. The number of aliphatic imine (C=N–C) groups is 2. The predicted octanol–water partition coefficient (Wildman–Crippen LogP) is 1.70. The maximum absolute atomic E-state index is 14.8. The van der Waals surface area contributed by atoms with E-state index in [1.54, 1.807) is 30.3 Å². The molecule has 0 aromatic heterocycles. The highest BCUT2D eigenvalue weighted by atomic mass is 19.1. The summed E-state index contributed by atoms with van der Waals surface area (Å²) >= 11 is 0. The summed E-state index contributed by atoms with van der Waals surface area (Å²) in [5.41, 5.74) is 14.8. The van der Waals surface area contributed by atoms with Crippen molar-refractivity contribution in [3.05, 3.63) is 47.0 Å². The molecule has 1 atom stereocenters. The van der Waals surface area contributed by atoms with Gasteiger partial charge in [0.05, 0.1) is 19.2 Å². The van der Waals surface area contributed by atoms with Gasteiger partial charge in [0.2, 0.25) is 5.91 Å². The Morgan fingerprint density at radius 2 is 2.23 bits per heavy atom. The molecular weight excluding hydrogens is 399 g/mol. The van der Waals surface area contributed by atoms with Gasteiger partial charge in [-0.2, -0.15) is 0 Å². The number of benzene rings is 1. The van der Waals surface area contributed by atoms with Crippen LogP contribution in [-0.2, 0) is 9.53 Å². The van der Waals surface area contributed by atoms with Gasteiger partial charge in [0.1, 0.15) is 17.3 Å². The number of hydrogen-bond donors (Lipinski definition) is 3. The zero-order valence-electron chi connectivity index (χ0n) is 17.9. The molecular formula is C22H29FN6O2. The van der Waals surface area contributed by atoms with Gasteiger partial charge in [-0.05, 0) is 24.1 Å². The Kier molecular flexibility index (Phi) is 7.41. The van der Waals surface area contributed by atoms with E-state index in [0.29, 0.717) is 49.4 Å². The topological polar surface area (TPSA) is 118 Å². The van der Waals surface area contributed by atoms with Crippen molar-refractivity contribution in [3.63, 3.8) is 0 Å². The third kappa shape index (κ3) is 5.49. The molecule has 5 N–H and O–H groups in total. The average molecular weight is 429 g/mol. The van der Waals surface area contributed by atoms with E-state index in [1.807, 2.05) is 0 Å². The van der Waals surface area contributed by atoms with Crippen molar-refractivity contribution in [1.29, 1.82) is 0 Å². The molecule has 0 spiro atoms. The summed E-state index contributed by atoms with van der Waals surface area (Å²) in [6.45, 7) is 3.78. The number of allylic oxidation sites excluding steroid dienone is 1. The van der Waals surface area contributed by atoms with Crippen LogP contribution in [0.2, 0.25) is 0 Å². The molecule has 3 rings (SSSR count). The third-order valence-electron chi connectivity index (χ3n) is 5.38. The largest absolute Gasteiger partial charge is 0.404 e. The van der Waals surface area contributed by atoms with Crippen LogP contribution < -0.4 is 16.8 Å². The highest BCUT2D eigenvalue weighted by Crippen LogP contribution is 2.25. The predicted molar refractivity (Wildman–Crippen MR) is 121 cm³/mol. The standard InChI is InChI=1S/C22H29FN6O2/c1-14(30)29-7-5-20(27-17-6-8-31-13-17)18(12-29)22(25)28-21-4-3-15(9-19(21)23)16(10-24)11-26-2/h3-4,9-11,17,27H,5-8,12-13,24H2,1-2H3,(H2,25,28)/t17-/m0/s1. The number of rotatable bonds is 6. The summed E-state index contributed by atoms with van der Waals surface area (Å²) in [5, 5.41) is 3.48. The van der Waals surface area contributed by atoms with Crippen LogP contribution in [0.3, 0.4) is 0 Å². The summed E-state index contributed by atoms with van der Waals surface area (Å²) < 4.78 is 20.2. The number of hydrogen-bond acceptors (Lipinski definition) is 6. The van der Waals surface area contributed by atoms with Gasteiger partial charge in [0.25, 0.3) is 0 Å². The Balaban J connectivity index is 1.91. The van der Waals surface area contributed by atoms with E-state index in [4.69, 9.17) is 16.2 Å². The van der Waals surface area contributed by atoms with Crippen molar-refractivity contribution in [3.8, 4) is 0 Å². The fraction of sp³-hybridized carbons (Fsp3) is 0.409. The van der Waals surface area contributed by atoms with Gasteiger partial charge in [0, 0.05) is 62.8 Å². The van der Waals surface area contributed by atoms with Gasteiger partial charge in [0.15, 0.2) is 0 Å². The molecule has 0 aliphatic carbocycles. The zero-order valence-corrected chi connectivity index (χ0v) is 17.9. The van der Waals surface area contributed by atoms with Crippen LogP contribution in [0.25, 0.3) is 5.57 Å². The minimum atomic E-state index is -0.525.